The van der Waals surface area contributed by atoms with E-state index in [4.69, 9.17) is 14.5 Å². The highest BCUT2D eigenvalue weighted by atomic mass is 79.9. The lowest BCUT2D eigenvalue weighted by molar-refractivity contribution is -0.386. The van der Waals surface area contributed by atoms with Gasteiger partial charge in [-0.15, -0.1) is 0 Å². The van der Waals surface area contributed by atoms with Crippen LogP contribution in [0.5, 0.6) is 11.5 Å². The number of benzene rings is 2. The Balaban J connectivity index is 2.06. The van der Waals surface area contributed by atoms with Crippen LogP contribution in [-0.2, 0) is 9.53 Å². The lowest BCUT2D eigenvalue weighted by atomic mass is 9.93. The SMILES string of the molecule is CCCC1=C(C(=O)OCC)[C@H](c2cc(Br)ccc2OC)n2c(s/c(=C/c3cc(Br)c(O)c([N+](=O)[O-])c3)c2=O)=N1. The average molecular weight is 681 g/mol. The van der Waals surface area contributed by atoms with Crippen LogP contribution in [0.4, 0.5) is 5.69 Å². The Hall–Kier alpha value is -3.29. The fourth-order valence-corrected chi connectivity index (χ4v) is 6.18. The second kappa shape index (κ2) is 11.8. The quantitative estimate of drug-likeness (QED) is 0.207. The first kappa shape index (κ1) is 28.7. The third-order valence-corrected chi connectivity index (χ3v) is 8.02. The zero-order chi connectivity index (χ0) is 28.4. The number of phenolic OH excluding ortho intramolecular Hbond substituents is 1. The molecule has 0 spiro atoms. The molecule has 0 amide bonds. The molecule has 0 fully saturated rings. The van der Waals surface area contributed by atoms with E-state index >= 15 is 0 Å². The number of fused-ring (bicyclic) bond motifs is 1. The highest BCUT2D eigenvalue weighted by molar-refractivity contribution is 9.10. The summed E-state index contributed by atoms with van der Waals surface area (Å²) in [5.74, 6) is -0.622. The largest absolute Gasteiger partial charge is 0.501 e. The van der Waals surface area contributed by atoms with Crippen LogP contribution in [0.25, 0.3) is 6.08 Å². The third-order valence-electron chi connectivity index (χ3n) is 5.94. The van der Waals surface area contributed by atoms with E-state index in [1.807, 2.05) is 6.92 Å². The number of carbonyl (C=O) groups is 1. The number of carbonyl (C=O) groups excluding carboxylic acids is 1. The van der Waals surface area contributed by atoms with Gasteiger partial charge in [-0.1, -0.05) is 40.6 Å². The number of hydrogen-bond donors (Lipinski definition) is 1. The molecule has 1 aliphatic heterocycles. The monoisotopic (exact) mass is 679 g/mol. The van der Waals surface area contributed by atoms with Crippen molar-refractivity contribution in [1.82, 2.24) is 4.57 Å². The summed E-state index contributed by atoms with van der Waals surface area (Å²) in [4.78, 5) is 43.0. The highest BCUT2D eigenvalue weighted by Gasteiger charge is 2.36. The van der Waals surface area contributed by atoms with E-state index in [0.717, 1.165) is 15.8 Å². The molecule has 0 unspecified atom stereocenters. The molecule has 204 valence electrons. The minimum atomic E-state index is -0.891. The Morgan fingerprint density at radius 1 is 1.28 bits per heavy atom. The average Bonchev–Trinajstić information content (AvgIpc) is 3.19. The number of halogens is 2. The number of rotatable bonds is 8. The van der Waals surface area contributed by atoms with Gasteiger partial charge in [-0.05, 0) is 65.2 Å². The van der Waals surface area contributed by atoms with E-state index in [0.29, 0.717) is 40.2 Å². The Bertz CT molecular complexity index is 1690. The van der Waals surface area contributed by atoms with E-state index in [1.54, 1.807) is 25.1 Å². The highest BCUT2D eigenvalue weighted by Crippen LogP contribution is 2.38. The summed E-state index contributed by atoms with van der Waals surface area (Å²) in [5.41, 5.74) is 0.696. The molecule has 0 bridgehead atoms. The summed E-state index contributed by atoms with van der Waals surface area (Å²) in [6, 6.07) is 7.08. The number of aromatic hydroxyl groups is 1. The number of methoxy groups -OCH3 is 1. The molecule has 1 N–H and O–H groups in total. The van der Waals surface area contributed by atoms with Crippen molar-refractivity contribution in [2.24, 2.45) is 4.99 Å². The van der Waals surface area contributed by atoms with Crippen LogP contribution in [0.3, 0.4) is 0 Å². The molecule has 3 aromatic rings. The van der Waals surface area contributed by atoms with Gasteiger partial charge in [-0.2, -0.15) is 0 Å². The summed E-state index contributed by atoms with van der Waals surface area (Å²) in [5, 5.41) is 21.4. The van der Waals surface area contributed by atoms with Crippen molar-refractivity contribution in [2.75, 3.05) is 13.7 Å². The number of aromatic nitrogens is 1. The van der Waals surface area contributed by atoms with Crippen molar-refractivity contribution in [1.29, 1.82) is 0 Å². The number of allylic oxidation sites excluding steroid dienone is 1. The Labute approximate surface area is 243 Å². The van der Waals surface area contributed by atoms with Crippen molar-refractivity contribution in [3.8, 4) is 11.5 Å². The van der Waals surface area contributed by atoms with Crippen molar-refractivity contribution < 1.29 is 24.3 Å². The van der Waals surface area contributed by atoms with Gasteiger partial charge >= 0.3 is 11.7 Å². The topological polar surface area (TPSA) is 133 Å². The molecular weight excluding hydrogens is 658 g/mol. The van der Waals surface area contributed by atoms with E-state index < -0.39 is 33.9 Å². The molecule has 4 rings (SSSR count). The predicted molar refractivity (Wildman–Crippen MR) is 153 cm³/mol. The zero-order valence-corrected chi connectivity index (χ0v) is 25.1. The molecule has 0 radical (unpaired) electrons. The Kier molecular flexibility index (Phi) is 8.72. The third kappa shape index (κ3) is 5.56. The maximum Gasteiger partial charge on any atom is 0.338 e. The maximum absolute atomic E-state index is 13.9. The molecule has 2 heterocycles. The molecule has 0 saturated heterocycles. The number of nitrogens with zero attached hydrogens (tertiary/aromatic N) is 3. The second-order valence-electron chi connectivity index (χ2n) is 8.43. The van der Waals surface area contributed by atoms with Crippen molar-refractivity contribution >= 4 is 60.9 Å². The minimum absolute atomic E-state index is 0.113. The maximum atomic E-state index is 13.9. The van der Waals surface area contributed by atoms with Crippen LogP contribution in [-0.4, -0.2) is 34.3 Å². The van der Waals surface area contributed by atoms with Crippen molar-refractivity contribution in [3.63, 3.8) is 0 Å². The summed E-state index contributed by atoms with van der Waals surface area (Å²) < 4.78 is 13.5. The summed E-state index contributed by atoms with van der Waals surface area (Å²) >= 11 is 7.71. The van der Waals surface area contributed by atoms with Crippen LogP contribution in [0.2, 0.25) is 0 Å². The second-order valence-corrected chi connectivity index (χ2v) is 11.2. The molecule has 1 aromatic heterocycles. The summed E-state index contributed by atoms with van der Waals surface area (Å²) in [6.07, 6.45) is 2.66. The molecule has 13 heteroatoms. The van der Waals surface area contributed by atoms with Crippen molar-refractivity contribution in [3.05, 3.63) is 91.5 Å². The van der Waals surface area contributed by atoms with Gasteiger partial charge in [0.15, 0.2) is 4.80 Å². The molecule has 1 atom stereocenters. The zero-order valence-electron chi connectivity index (χ0n) is 21.1. The van der Waals surface area contributed by atoms with Gasteiger partial charge < -0.3 is 14.6 Å². The summed E-state index contributed by atoms with van der Waals surface area (Å²) in [7, 11) is 1.51. The fourth-order valence-electron chi connectivity index (χ4n) is 4.31. The number of thiazole rings is 1. The number of hydrogen-bond acceptors (Lipinski definition) is 9. The molecule has 2 aromatic carbocycles. The van der Waals surface area contributed by atoms with Gasteiger partial charge in [0.25, 0.3) is 5.56 Å². The number of phenols is 1. The van der Waals surface area contributed by atoms with E-state index in [-0.39, 0.29) is 21.2 Å². The van der Waals surface area contributed by atoms with Gasteiger partial charge in [0.05, 0.1) is 38.9 Å². The summed E-state index contributed by atoms with van der Waals surface area (Å²) in [6.45, 7) is 3.81. The van der Waals surface area contributed by atoms with Crippen LogP contribution in [0.1, 0.15) is 43.9 Å². The molecular formula is C26H23Br2N3O7S. The Morgan fingerprint density at radius 2 is 2.03 bits per heavy atom. The van der Waals surface area contributed by atoms with Crippen LogP contribution in [0, 0.1) is 10.1 Å². The van der Waals surface area contributed by atoms with Crippen LogP contribution < -0.4 is 19.6 Å². The first-order valence-electron chi connectivity index (χ1n) is 11.8. The van der Waals surface area contributed by atoms with Crippen LogP contribution >= 0.6 is 43.2 Å². The number of nitro groups is 1. The fraction of sp³-hybridized carbons (Fsp3) is 0.269. The number of esters is 1. The molecule has 10 nitrogen and oxygen atoms in total. The van der Waals surface area contributed by atoms with E-state index in [1.165, 1.54) is 29.9 Å². The standard InChI is InChI=1S/C26H23Br2N3O7S/c1-4-6-17-21(25(34)38-5-2)22(15-12-14(27)7-8-19(15)37-3)30-24(33)20(39-26(30)29-17)11-13-9-16(28)23(32)18(10-13)31(35)36/h7-12,22,32H,4-6H2,1-3H3/b20-11+/t22-/m0/s1. The minimum Gasteiger partial charge on any atom is -0.501 e. The van der Waals surface area contributed by atoms with Gasteiger partial charge in [0, 0.05) is 16.1 Å². The molecule has 1 aliphatic rings. The lowest BCUT2D eigenvalue weighted by Crippen LogP contribution is -2.40. The van der Waals surface area contributed by atoms with E-state index in [9.17, 15) is 24.8 Å². The van der Waals surface area contributed by atoms with Gasteiger partial charge in [0.1, 0.15) is 11.8 Å². The normalized spacial score (nSPS) is 15.1. The van der Waals surface area contributed by atoms with Crippen molar-refractivity contribution in [2.45, 2.75) is 32.7 Å². The van der Waals surface area contributed by atoms with E-state index in [2.05, 4.69) is 31.9 Å². The molecule has 0 aliphatic carbocycles. The van der Waals surface area contributed by atoms with Gasteiger partial charge in [-0.3, -0.25) is 19.5 Å². The smallest absolute Gasteiger partial charge is 0.338 e. The molecule has 0 saturated carbocycles. The first-order valence-corrected chi connectivity index (χ1v) is 14.2. The van der Waals surface area contributed by atoms with Gasteiger partial charge in [0.2, 0.25) is 5.75 Å². The first-order chi connectivity index (χ1) is 18.6. The van der Waals surface area contributed by atoms with Gasteiger partial charge in [-0.25, -0.2) is 9.79 Å². The molecule has 39 heavy (non-hydrogen) atoms. The Morgan fingerprint density at radius 3 is 2.67 bits per heavy atom. The predicted octanol–water partition coefficient (Wildman–Crippen LogP) is 4.73. The number of ether oxygens (including phenoxy) is 2. The van der Waals surface area contributed by atoms with Crippen LogP contribution in [0.15, 0.2) is 60.3 Å². The lowest BCUT2D eigenvalue weighted by Gasteiger charge is -2.27. The number of nitro benzene ring substituents is 1.